The van der Waals surface area contributed by atoms with Crippen molar-refractivity contribution in [3.8, 4) is 0 Å². The standard InChI is InChI=1S/C9H12O5/c1-4(7(10)11)3-6-5(2)8(12)14-9(6)13/h4-6H,3H2,1-2H3,(H,10,11). The molecule has 3 atom stereocenters. The monoisotopic (exact) mass is 200 g/mol. The van der Waals surface area contributed by atoms with Gasteiger partial charge >= 0.3 is 17.9 Å². The van der Waals surface area contributed by atoms with Crippen LogP contribution in [-0.2, 0) is 19.1 Å². The Bertz CT molecular complexity index is 283. The van der Waals surface area contributed by atoms with Crippen molar-refractivity contribution >= 4 is 17.9 Å². The normalized spacial score (nSPS) is 28.7. The van der Waals surface area contributed by atoms with Crippen molar-refractivity contribution in [2.75, 3.05) is 0 Å². The minimum absolute atomic E-state index is 0.154. The van der Waals surface area contributed by atoms with Crippen LogP contribution in [0.2, 0.25) is 0 Å². The lowest BCUT2D eigenvalue weighted by Gasteiger charge is -2.11. The zero-order valence-electron chi connectivity index (χ0n) is 8.02. The highest BCUT2D eigenvalue weighted by molar-refractivity contribution is 5.96. The molecular formula is C9H12O5. The highest BCUT2D eigenvalue weighted by Crippen LogP contribution is 2.28. The Morgan fingerprint density at radius 3 is 2.43 bits per heavy atom. The van der Waals surface area contributed by atoms with Gasteiger partial charge in [0.25, 0.3) is 0 Å². The Hall–Kier alpha value is -1.39. The summed E-state index contributed by atoms with van der Waals surface area (Å²) < 4.78 is 4.40. The lowest BCUT2D eigenvalue weighted by molar-refractivity contribution is -0.153. The molecule has 14 heavy (non-hydrogen) atoms. The number of aliphatic carboxylic acids is 1. The summed E-state index contributed by atoms with van der Waals surface area (Å²) in [5.74, 6) is -3.89. The van der Waals surface area contributed by atoms with Crippen molar-refractivity contribution in [3.05, 3.63) is 0 Å². The quantitative estimate of drug-likeness (QED) is 0.528. The molecule has 0 radical (unpaired) electrons. The zero-order chi connectivity index (χ0) is 10.9. The van der Waals surface area contributed by atoms with Crippen molar-refractivity contribution in [3.63, 3.8) is 0 Å². The summed E-state index contributed by atoms with van der Waals surface area (Å²) in [7, 11) is 0. The highest BCUT2D eigenvalue weighted by Gasteiger charge is 2.42. The number of carbonyl (C=O) groups excluding carboxylic acids is 2. The van der Waals surface area contributed by atoms with E-state index in [2.05, 4.69) is 4.74 Å². The predicted molar refractivity (Wildman–Crippen MR) is 45.2 cm³/mol. The molecule has 78 valence electrons. The van der Waals surface area contributed by atoms with Crippen LogP contribution in [0.15, 0.2) is 0 Å². The molecule has 1 aliphatic rings. The molecule has 1 N–H and O–H groups in total. The Balaban J connectivity index is 2.65. The molecule has 1 aliphatic heterocycles. The van der Waals surface area contributed by atoms with Crippen LogP contribution in [0.3, 0.4) is 0 Å². The van der Waals surface area contributed by atoms with Crippen LogP contribution in [0.25, 0.3) is 0 Å². The fraction of sp³-hybridized carbons (Fsp3) is 0.667. The minimum atomic E-state index is -0.968. The fourth-order valence-corrected chi connectivity index (χ4v) is 1.42. The first-order valence-electron chi connectivity index (χ1n) is 4.41. The zero-order valence-corrected chi connectivity index (χ0v) is 8.02. The summed E-state index contributed by atoms with van der Waals surface area (Å²) in [6.07, 6.45) is 0.154. The first kappa shape index (κ1) is 10.7. The second-order valence-electron chi connectivity index (χ2n) is 3.61. The molecule has 0 aromatic carbocycles. The number of ether oxygens (including phenoxy) is 1. The summed E-state index contributed by atoms with van der Waals surface area (Å²) in [5.41, 5.74) is 0. The molecule has 1 rings (SSSR count). The molecule has 5 nitrogen and oxygen atoms in total. The van der Waals surface area contributed by atoms with E-state index in [9.17, 15) is 14.4 Å². The van der Waals surface area contributed by atoms with E-state index >= 15 is 0 Å². The number of carboxylic acid groups (broad SMARTS) is 1. The molecular weight excluding hydrogens is 188 g/mol. The van der Waals surface area contributed by atoms with Crippen LogP contribution in [0, 0.1) is 17.8 Å². The van der Waals surface area contributed by atoms with E-state index in [0.29, 0.717) is 0 Å². The van der Waals surface area contributed by atoms with E-state index in [-0.39, 0.29) is 6.42 Å². The molecule has 5 heteroatoms. The second kappa shape index (κ2) is 3.77. The van der Waals surface area contributed by atoms with Gasteiger partial charge in [-0.25, -0.2) is 0 Å². The van der Waals surface area contributed by atoms with Gasteiger partial charge in [-0.1, -0.05) is 13.8 Å². The van der Waals surface area contributed by atoms with E-state index < -0.39 is 35.7 Å². The Kier molecular flexibility index (Phi) is 2.88. The lowest BCUT2D eigenvalue weighted by atomic mass is 9.88. The van der Waals surface area contributed by atoms with E-state index in [1.807, 2.05) is 0 Å². The molecule has 1 fully saturated rings. The van der Waals surface area contributed by atoms with Gasteiger partial charge in [0.15, 0.2) is 0 Å². The highest BCUT2D eigenvalue weighted by atomic mass is 16.6. The summed E-state index contributed by atoms with van der Waals surface area (Å²) in [4.78, 5) is 32.6. The number of hydrogen-bond acceptors (Lipinski definition) is 4. The maximum absolute atomic E-state index is 11.1. The molecule has 0 aliphatic carbocycles. The molecule has 1 heterocycles. The van der Waals surface area contributed by atoms with Gasteiger partial charge in [-0.2, -0.15) is 0 Å². The largest absolute Gasteiger partial charge is 0.481 e. The van der Waals surface area contributed by atoms with Crippen molar-refractivity contribution < 1.29 is 24.2 Å². The van der Waals surface area contributed by atoms with Gasteiger partial charge in [0, 0.05) is 0 Å². The fourth-order valence-electron chi connectivity index (χ4n) is 1.42. The number of cyclic esters (lactones) is 2. The maximum Gasteiger partial charge on any atom is 0.317 e. The molecule has 0 aromatic heterocycles. The van der Waals surface area contributed by atoms with Crippen LogP contribution < -0.4 is 0 Å². The molecule has 3 unspecified atom stereocenters. The van der Waals surface area contributed by atoms with Crippen LogP contribution in [0.5, 0.6) is 0 Å². The van der Waals surface area contributed by atoms with E-state index in [1.165, 1.54) is 6.92 Å². The van der Waals surface area contributed by atoms with Gasteiger partial charge in [0.2, 0.25) is 0 Å². The average molecular weight is 200 g/mol. The molecule has 0 saturated carbocycles. The van der Waals surface area contributed by atoms with Gasteiger partial charge in [-0.05, 0) is 6.42 Å². The van der Waals surface area contributed by atoms with Crippen LogP contribution in [0.4, 0.5) is 0 Å². The number of carboxylic acids is 1. The van der Waals surface area contributed by atoms with Gasteiger partial charge in [-0.3, -0.25) is 14.4 Å². The SMILES string of the molecule is CC(CC1C(=O)OC(=O)C1C)C(=O)O. The first-order valence-corrected chi connectivity index (χ1v) is 4.41. The summed E-state index contributed by atoms with van der Waals surface area (Å²) >= 11 is 0. The topological polar surface area (TPSA) is 80.7 Å². The smallest absolute Gasteiger partial charge is 0.317 e. The minimum Gasteiger partial charge on any atom is -0.481 e. The predicted octanol–water partition coefficient (Wildman–Crippen LogP) is 0.433. The van der Waals surface area contributed by atoms with Gasteiger partial charge in [0.1, 0.15) is 0 Å². The lowest BCUT2D eigenvalue weighted by Crippen LogP contribution is -2.21. The third-order valence-corrected chi connectivity index (χ3v) is 2.51. The number of rotatable bonds is 3. The first-order chi connectivity index (χ1) is 6.43. The third kappa shape index (κ3) is 1.92. The number of hydrogen-bond donors (Lipinski definition) is 1. The summed E-state index contributed by atoms with van der Waals surface area (Å²) in [5, 5.41) is 8.64. The van der Waals surface area contributed by atoms with Crippen LogP contribution >= 0.6 is 0 Å². The van der Waals surface area contributed by atoms with Crippen molar-refractivity contribution in [2.24, 2.45) is 17.8 Å². The molecule has 0 spiro atoms. The summed E-state index contributed by atoms with van der Waals surface area (Å²) in [6.45, 7) is 3.08. The van der Waals surface area contributed by atoms with Crippen molar-refractivity contribution in [1.82, 2.24) is 0 Å². The molecule has 0 amide bonds. The molecule has 1 saturated heterocycles. The van der Waals surface area contributed by atoms with Gasteiger partial charge < -0.3 is 9.84 Å². The maximum atomic E-state index is 11.1. The van der Waals surface area contributed by atoms with E-state index in [4.69, 9.17) is 5.11 Å². The van der Waals surface area contributed by atoms with Crippen molar-refractivity contribution in [1.29, 1.82) is 0 Å². The molecule has 0 bridgehead atoms. The van der Waals surface area contributed by atoms with Crippen LogP contribution in [0.1, 0.15) is 20.3 Å². The Labute approximate surface area is 81.0 Å². The molecule has 0 aromatic rings. The summed E-state index contributed by atoms with van der Waals surface area (Å²) in [6, 6.07) is 0. The Morgan fingerprint density at radius 2 is 2.07 bits per heavy atom. The van der Waals surface area contributed by atoms with E-state index in [0.717, 1.165) is 0 Å². The second-order valence-corrected chi connectivity index (χ2v) is 3.61. The number of esters is 2. The van der Waals surface area contributed by atoms with Crippen LogP contribution in [-0.4, -0.2) is 23.0 Å². The van der Waals surface area contributed by atoms with Gasteiger partial charge in [0.05, 0.1) is 17.8 Å². The van der Waals surface area contributed by atoms with Crippen molar-refractivity contribution in [2.45, 2.75) is 20.3 Å². The number of carbonyl (C=O) groups is 3. The van der Waals surface area contributed by atoms with Gasteiger partial charge in [-0.15, -0.1) is 0 Å². The Morgan fingerprint density at radius 1 is 1.50 bits per heavy atom. The third-order valence-electron chi connectivity index (χ3n) is 2.51. The van der Waals surface area contributed by atoms with E-state index in [1.54, 1.807) is 6.92 Å². The average Bonchev–Trinajstić information content (AvgIpc) is 2.32.